The van der Waals surface area contributed by atoms with Gasteiger partial charge in [-0.1, -0.05) is 12.1 Å². The lowest BCUT2D eigenvalue weighted by atomic mass is 10.1. The average Bonchev–Trinajstić information content (AvgIpc) is 3.00. The summed E-state index contributed by atoms with van der Waals surface area (Å²) < 4.78 is 1.70. The van der Waals surface area contributed by atoms with E-state index in [2.05, 4.69) is 31.8 Å². The van der Waals surface area contributed by atoms with Crippen LogP contribution in [0.2, 0.25) is 0 Å². The van der Waals surface area contributed by atoms with Gasteiger partial charge in [-0.15, -0.1) is 0 Å². The zero-order valence-corrected chi connectivity index (χ0v) is 13.5. The van der Waals surface area contributed by atoms with Crippen molar-refractivity contribution in [1.29, 1.82) is 5.26 Å². The van der Waals surface area contributed by atoms with Crippen LogP contribution < -0.4 is 16.4 Å². The average molecular weight is 322 g/mol. The molecular formula is C16H18N8. The molecule has 0 spiro atoms. The predicted octanol–water partition coefficient (Wildman–Crippen LogP) is 1.39. The summed E-state index contributed by atoms with van der Waals surface area (Å²) in [4.78, 5) is 8.92. The summed E-state index contributed by atoms with van der Waals surface area (Å²) in [6.07, 6.45) is 1.73. The van der Waals surface area contributed by atoms with Crippen LogP contribution in [0.15, 0.2) is 30.5 Å². The number of rotatable bonds is 5. The Morgan fingerprint density at radius 3 is 2.71 bits per heavy atom. The maximum absolute atomic E-state index is 8.84. The van der Waals surface area contributed by atoms with E-state index in [4.69, 9.17) is 11.0 Å². The number of benzene rings is 1. The monoisotopic (exact) mass is 322 g/mol. The molecule has 3 aromatic rings. The third kappa shape index (κ3) is 2.98. The number of hydrogen-bond acceptors (Lipinski definition) is 7. The van der Waals surface area contributed by atoms with Crippen LogP contribution in [0, 0.1) is 11.3 Å². The number of nitrogens with one attached hydrogen (secondary N) is 2. The molecule has 8 nitrogen and oxygen atoms in total. The number of hydrogen-bond donors (Lipinski definition) is 3. The van der Waals surface area contributed by atoms with Gasteiger partial charge in [-0.05, 0) is 17.7 Å². The van der Waals surface area contributed by atoms with Gasteiger partial charge < -0.3 is 16.4 Å². The highest BCUT2D eigenvalue weighted by molar-refractivity contribution is 5.87. The zero-order chi connectivity index (χ0) is 17.1. The van der Waals surface area contributed by atoms with Gasteiger partial charge in [0, 0.05) is 26.7 Å². The van der Waals surface area contributed by atoms with E-state index in [0.29, 0.717) is 23.9 Å². The maximum Gasteiger partial charge on any atom is 0.226 e. The minimum atomic E-state index is -0.235. The van der Waals surface area contributed by atoms with Gasteiger partial charge in [0.15, 0.2) is 5.65 Å². The van der Waals surface area contributed by atoms with E-state index in [1.807, 2.05) is 19.2 Å². The number of fused-ring (bicyclic) bond motifs is 1. The molecule has 0 saturated carbocycles. The predicted molar refractivity (Wildman–Crippen MR) is 92.4 cm³/mol. The standard InChI is InChI=1S/C16H18N8/c1-19-14-12-8-21-24(2)15(12)23-16(22-14)20-9-13(18)11-5-3-10(7-17)4-6-11/h3-6,8,13H,9,18H2,1-2H3,(H2,19,20,22,23). The first-order valence-electron chi connectivity index (χ1n) is 7.49. The first-order valence-corrected chi connectivity index (χ1v) is 7.49. The second-order valence-corrected chi connectivity index (χ2v) is 5.37. The van der Waals surface area contributed by atoms with Crippen molar-refractivity contribution in [2.45, 2.75) is 6.04 Å². The van der Waals surface area contributed by atoms with Gasteiger partial charge in [0.2, 0.25) is 5.95 Å². The molecule has 3 rings (SSSR count). The van der Waals surface area contributed by atoms with Crippen molar-refractivity contribution in [3.63, 3.8) is 0 Å². The molecule has 0 radical (unpaired) electrons. The van der Waals surface area contributed by atoms with Crippen LogP contribution in [0.4, 0.5) is 11.8 Å². The van der Waals surface area contributed by atoms with Gasteiger partial charge in [-0.25, -0.2) is 0 Å². The summed E-state index contributed by atoms with van der Waals surface area (Å²) >= 11 is 0. The molecule has 122 valence electrons. The van der Waals surface area contributed by atoms with Gasteiger partial charge in [0.05, 0.1) is 23.2 Å². The summed E-state index contributed by atoms with van der Waals surface area (Å²) in [6.45, 7) is 0.471. The molecule has 0 fully saturated rings. The minimum Gasteiger partial charge on any atom is -0.372 e. The lowest BCUT2D eigenvalue weighted by Crippen LogP contribution is -2.21. The van der Waals surface area contributed by atoms with Gasteiger partial charge in [0.25, 0.3) is 0 Å². The molecule has 0 aliphatic rings. The van der Waals surface area contributed by atoms with Crippen molar-refractivity contribution in [3.05, 3.63) is 41.6 Å². The Hall–Kier alpha value is -3.18. The molecule has 4 N–H and O–H groups in total. The van der Waals surface area contributed by atoms with E-state index in [1.165, 1.54) is 0 Å². The van der Waals surface area contributed by atoms with E-state index < -0.39 is 0 Å². The molecule has 0 amide bonds. The molecular weight excluding hydrogens is 304 g/mol. The lowest BCUT2D eigenvalue weighted by Gasteiger charge is -2.14. The van der Waals surface area contributed by atoms with Crippen molar-refractivity contribution in [2.24, 2.45) is 12.8 Å². The summed E-state index contributed by atoms with van der Waals surface area (Å²) in [7, 11) is 3.64. The number of nitrogens with two attached hydrogens (primary N) is 1. The Morgan fingerprint density at radius 1 is 1.29 bits per heavy atom. The van der Waals surface area contributed by atoms with Gasteiger partial charge >= 0.3 is 0 Å². The van der Waals surface area contributed by atoms with Crippen molar-refractivity contribution < 1.29 is 0 Å². The quantitative estimate of drug-likeness (QED) is 0.649. The SMILES string of the molecule is CNc1nc(NCC(N)c2ccc(C#N)cc2)nc2c1cnn2C. The molecule has 0 bridgehead atoms. The van der Waals surface area contributed by atoms with Crippen molar-refractivity contribution in [3.8, 4) is 6.07 Å². The smallest absolute Gasteiger partial charge is 0.226 e. The second-order valence-electron chi connectivity index (χ2n) is 5.37. The highest BCUT2D eigenvalue weighted by Gasteiger charge is 2.12. The number of nitriles is 1. The summed E-state index contributed by atoms with van der Waals surface area (Å²) in [6, 6.07) is 9.08. The van der Waals surface area contributed by atoms with E-state index in [-0.39, 0.29) is 6.04 Å². The Morgan fingerprint density at radius 2 is 2.04 bits per heavy atom. The van der Waals surface area contributed by atoms with Crippen LogP contribution in [-0.4, -0.2) is 33.3 Å². The fourth-order valence-electron chi connectivity index (χ4n) is 2.42. The van der Waals surface area contributed by atoms with Crippen molar-refractivity contribution in [1.82, 2.24) is 19.7 Å². The topological polar surface area (TPSA) is 117 Å². The molecule has 0 saturated heterocycles. The molecule has 2 heterocycles. The number of aromatic nitrogens is 4. The van der Waals surface area contributed by atoms with Crippen LogP contribution in [0.5, 0.6) is 0 Å². The molecule has 1 aromatic carbocycles. The number of aryl methyl sites for hydroxylation is 1. The highest BCUT2D eigenvalue weighted by Crippen LogP contribution is 2.21. The Labute approximate surface area is 139 Å². The van der Waals surface area contributed by atoms with Crippen LogP contribution in [0.1, 0.15) is 17.2 Å². The number of anilines is 2. The molecule has 0 aliphatic heterocycles. The summed E-state index contributed by atoms with van der Waals surface area (Å²) in [5.41, 5.74) is 8.49. The first kappa shape index (κ1) is 15.7. The molecule has 24 heavy (non-hydrogen) atoms. The van der Waals surface area contributed by atoms with E-state index in [1.54, 1.807) is 30.1 Å². The molecule has 8 heteroatoms. The Kier molecular flexibility index (Phi) is 4.26. The van der Waals surface area contributed by atoms with Gasteiger partial charge in [0.1, 0.15) is 5.82 Å². The second kappa shape index (κ2) is 6.52. The van der Waals surface area contributed by atoms with Crippen molar-refractivity contribution >= 4 is 22.8 Å². The van der Waals surface area contributed by atoms with Crippen LogP contribution in [0.25, 0.3) is 11.0 Å². The van der Waals surface area contributed by atoms with E-state index >= 15 is 0 Å². The summed E-state index contributed by atoms with van der Waals surface area (Å²) in [5, 5.41) is 20.1. The van der Waals surface area contributed by atoms with E-state index in [0.717, 1.165) is 16.6 Å². The van der Waals surface area contributed by atoms with Crippen LogP contribution >= 0.6 is 0 Å². The van der Waals surface area contributed by atoms with Crippen LogP contribution in [-0.2, 0) is 7.05 Å². The van der Waals surface area contributed by atoms with Gasteiger partial charge in [-0.2, -0.15) is 20.3 Å². The lowest BCUT2D eigenvalue weighted by molar-refractivity contribution is 0.756. The largest absolute Gasteiger partial charge is 0.372 e. The molecule has 1 unspecified atom stereocenters. The van der Waals surface area contributed by atoms with Crippen LogP contribution in [0.3, 0.4) is 0 Å². The number of nitrogens with zero attached hydrogens (tertiary/aromatic N) is 5. The third-order valence-corrected chi connectivity index (χ3v) is 3.78. The summed E-state index contributed by atoms with van der Waals surface area (Å²) in [5.74, 6) is 1.20. The zero-order valence-electron chi connectivity index (χ0n) is 13.5. The Balaban J connectivity index is 1.77. The van der Waals surface area contributed by atoms with E-state index in [9.17, 15) is 0 Å². The first-order chi connectivity index (χ1) is 11.6. The molecule has 2 aromatic heterocycles. The van der Waals surface area contributed by atoms with Crippen molar-refractivity contribution in [2.75, 3.05) is 24.2 Å². The fourth-order valence-corrected chi connectivity index (χ4v) is 2.42. The molecule has 0 aliphatic carbocycles. The Bertz CT molecular complexity index is 891. The highest BCUT2D eigenvalue weighted by atomic mass is 15.3. The maximum atomic E-state index is 8.84. The third-order valence-electron chi connectivity index (χ3n) is 3.78. The minimum absolute atomic E-state index is 0.235. The van der Waals surface area contributed by atoms with Gasteiger partial charge in [-0.3, -0.25) is 4.68 Å². The fraction of sp³-hybridized carbons (Fsp3) is 0.250. The molecule has 1 atom stereocenters. The normalized spacial score (nSPS) is 11.9.